The van der Waals surface area contributed by atoms with Crippen molar-refractivity contribution in [2.45, 2.75) is 39.2 Å². The fourth-order valence-corrected chi connectivity index (χ4v) is 1.23. The van der Waals surface area contributed by atoms with Crippen LogP contribution in [0.5, 0.6) is 0 Å². The van der Waals surface area contributed by atoms with Gasteiger partial charge in [0.25, 0.3) is 0 Å². The number of aldehydes is 1. The average molecular weight is 225 g/mol. The molecule has 4 heteroatoms. The third-order valence-electron chi connectivity index (χ3n) is 1.83. The first-order valence-corrected chi connectivity index (χ1v) is 5.28. The van der Waals surface area contributed by atoms with Crippen LogP contribution in [-0.4, -0.2) is 36.0 Å². The van der Waals surface area contributed by atoms with Crippen LogP contribution in [0.25, 0.3) is 0 Å². The van der Waals surface area contributed by atoms with Crippen molar-refractivity contribution in [1.82, 2.24) is 4.90 Å². The van der Waals surface area contributed by atoms with Crippen LogP contribution in [0.2, 0.25) is 0 Å². The van der Waals surface area contributed by atoms with E-state index in [1.807, 2.05) is 20.8 Å². The van der Waals surface area contributed by atoms with E-state index in [4.69, 9.17) is 9.53 Å². The lowest BCUT2D eigenvalue weighted by Gasteiger charge is -2.23. The number of ether oxygens (including phenoxy) is 1. The van der Waals surface area contributed by atoms with E-state index in [2.05, 4.69) is 6.42 Å². The normalized spacial score (nSPS) is 14.5. The standard InChI is InChI=1S/C9H17NO2.C3H2O/c1-9(2,3)12-8(11)10-6-4-5-7-10;1-2-3-4/h4-7H2,1-3H3;1,3H. The van der Waals surface area contributed by atoms with Gasteiger partial charge in [-0.15, -0.1) is 6.42 Å². The SMILES string of the molecule is C#CC=O.CC(C)(C)OC(=O)N1CCCC1. The van der Waals surface area contributed by atoms with E-state index in [0.717, 1.165) is 25.9 Å². The summed E-state index contributed by atoms with van der Waals surface area (Å²) in [6.45, 7) is 7.38. The molecule has 16 heavy (non-hydrogen) atoms. The molecule has 90 valence electrons. The Morgan fingerprint density at radius 1 is 1.38 bits per heavy atom. The number of hydrogen-bond acceptors (Lipinski definition) is 3. The molecule has 0 atom stereocenters. The quantitative estimate of drug-likeness (QED) is 0.467. The maximum Gasteiger partial charge on any atom is 0.410 e. The Kier molecular flexibility index (Phi) is 6.24. The third-order valence-corrected chi connectivity index (χ3v) is 1.83. The van der Waals surface area contributed by atoms with Gasteiger partial charge in [0.2, 0.25) is 0 Å². The van der Waals surface area contributed by atoms with E-state index in [1.54, 1.807) is 10.8 Å². The van der Waals surface area contributed by atoms with E-state index < -0.39 is 0 Å². The van der Waals surface area contributed by atoms with Crippen LogP contribution in [0.3, 0.4) is 0 Å². The first-order chi connectivity index (χ1) is 7.40. The molecule has 1 aliphatic heterocycles. The molecule has 0 bridgehead atoms. The summed E-state index contributed by atoms with van der Waals surface area (Å²) in [4.78, 5) is 22.1. The van der Waals surface area contributed by atoms with Crippen LogP contribution in [0, 0.1) is 12.3 Å². The maximum atomic E-state index is 11.4. The molecule has 1 saturated heterocycles. The summed E-state index contributed by atoms with van der Waals surface area (Å²) in [6, 6.07) is 0. The van der Waals surface area contributed by atoms with Crippen molar-refractivity contribution in [2.75, 3.05) is 13.1 Å². The van der Waals surface area contributed by atoms with Gasteiger partial charge in [-0.2, -0.15) is 0 Å². The van der Waals surface area contributed by atoms with Gasteiger partial charge in [0, 0.05) is 13.1 Å². The van der Waals surface area contributed by atoms with Crippen LogP contribution in [-0.2, 0) is 9.53 Å². The van der Waals surface area contributed by atoms with Crippen LogP contribution < -0.4 is 0 Å². The first-order valence-electron chi connectivity index (χ1n) is 5.28. The predicted molar refractivity (Wildman–Crippen MR) is 61.9 cm³/mol. The fraction of sp³-hybridized carbons (Fsp3) is 0.667. The van der Waals surface area contributed by atoms with Crippen molar-refractivity contribution in [3.63, 3.8) is 0 Å². The van der Waals surface area contributed by atoms with E-state index >= 15 is 0 Å². The van der Waals surface area contributed by atoms with Crippen molar-refractivity contribution in [1.29, 1.82) is 0 Å². The zero-order chi connectivity index (χ0) is 12.6. The van der Waals surface area contributed by atoms with Gasteiger partial charge in [0.1, 0.15) is 5.60 Å². The van der Waals surface area contributed by atoms with E-state index in [-0.39, 0.29) is 11.7 Å². The molecule has 0 N–H and O–H groups in total. The highest BCUT2D eigenvalue weighted by Gasteiger charge is 2.23. The largest absolute Gasteiger partial charge is 0.444 e. The van der Waals surface area contributed by atoms with E-state index in [1.165, 1.54) is 0 Å². The lowest BCUT2D eigenvalue weighted by molar-refractivity contribution is -0.103. The van der Waals surface area contributed by atoms with Crippen molar-refractivity contribution in [3.8, 4) is 12.3 Å². The summed E-state index contributed by atoms with van der Waals surface area (Å²) in [6.07, 6.45) is 6.87. The molecule has 0 spiro atoms. The number of terminal acetylenes is 1. The second-order valence-electron chi connectivity index (χ2n) is 4.46. The fourth-order valence-electron chi connectivity index (χ4n) is 1.23. The van der Waals surface area contributed by atoms with Crippen LogP contribution in [0.15, 0.2) is 0 Å². The molecule has 0 saturated carbocycles. The second-order valence-corrected chi connectivity index (χ2v) is 4.46. The Morgan fingerprint density at radius 3 is 2.12 bits per heavy atom. The molecule has 0 aromatic heterocycles. The molecule has 0 unspecified atom stereocenters. The van der Waals surface area contributed by atoms with Crippen molar-refractivity contribution >= 4 is 12.4 Å². The number of amides is 1. The van der Waals surface area contributed by atoms with Gasteiger partial charge in [-0.1, -0.05) is 0 Å². The maximum absolute atomic E-state index is 11.4. The molecule has 0 aromatic rings. The van der Waals surface area contributed by atoms with Gasteiger partial charge in [0.15, 0.2) is 6.29 Å². The lowest BCUT2D eigenvalue weighted by atomic mass is 10.2. The minimum absolute atomic E-state index is 0.167. The van der Waals surface area contributed by atoms with Crippen LogP contribution in [0.1, 0.15) is 33.6 Å². The zero-order valence-corrected chi connectivity index (χ0v) is 10.2. The van der Waals surface area contributed by atoms with Gasteiger partial charge in [0.05, 0.1) is 0 Å². The molecular formula is C12H19NO3. The summed E-state index contributed by atoms with van der Waals surface area (Å²) >= 11 is 0. The van der Waals surface area contributed by atoms with Crippen molar-refractivity contribution in [3.05, 3.63) is 0 Å². The molecule has 1 heterocycles. The molecule has 1 aliphatic rings. The molecule has 4 nitrogen and oxygen atoms in total. The molecule has 1 rings (SSSR count). The molecule has 1 fully saturated rings. The Morgan fingerprint density at radius 2 is 1.81 bits per heavy atom. The smallest absolute Gasteiger partial charge is 0.410 e. The van der Waals surface area contributed by atoms with Gasteiger partial charge in [-0.25, -0.2) is 4.79 Å². The van der Waals surface area contributed by atoms with E-state index in [9.17, 15) is 4.79 Å². The van der Waals surface area contributed by atoms with Gasteiger partial charge in [-0.3, -0.25) is 4.79 Å². The molecular weight excluding hydrogens is 206 g/mol. The molecule has 1 amide bonds. The predicted octanol–water partition coefficient (Wildman–Crippen LogP) is 1.84. The zero-order valence-electron chi connectivity index (χ0n) is 10.2. The summed E-state index contributed by atoms with van der Waals surface area (Å²) < 4.78 is 5.21. The topological polar surface area (TPSA) is 46.6 Å². The van der Waals surface area contributed by atoms with Crippen LogP contribution in [0.4, 0.5) is 4.79 Å². The molecule has 0 aliphatic carbocycles. The number of carbonyl (C=O) groups is 2. The van der Waals surface area contributed by atoms with Gasteiger partial charge < -0.3 is 9.64 Å². The highest BCUT2D eigenvalue weighted by Crippen LogP contribution is 2.14. The minimum atomic E-state index is -0.361. The number of likely N-dealkylation sites (tertiary alicyclic amines) is 1. The molecule has 0 radical (unpaired) electrons. The summed E-state index contributed by atoms with van der Waals surface area (Å²) in [5, 5.41) is 0. The second kappa shape index (κ2) is 6.89. The third kappa shape index (κ3) is 6.88. The Hall–Kier alpha value is -1.50. The Labute approximate surface area is 96.9 Å². The Balaban J connectivity index is 0.000000487. The monoisotopic (exact) mass is 225 g/mol. The minimum Gasteiger partial charge on any atom is -0.444 e. The first kappa shape index (κ1) is 14.5. The van der Waals surface area contributed by atoms with Gasteiger partial charge >= 0.3 is 6.09 Å². The van der Waals surface area contributed by atoms with Gasteiger partial charge in [-0.05, 0) is 39.5 Å². The summed E-state index contributed by atoms with van der Waals surface area (Å²) in [5.41, 5.74) is -0.361. The number of nitrogens with zero attached hydrogens (tertiary/aromatic N) is 1. The van der Waals surface area contributed by atoms with Crippen LogP contribution >= 0.6 is 0 Å². The number of rotatable bonds is 0. The van der Waals surface area contributed by atoms with E-state index in [0.29, 0.717) is 6.29 Å². The lowest BCUT2D eigenvalue weighted by Crippen LogP contribution is -2.34. The summed E-state index contributed by atoms with van der Waals surface area (Å²) in [5.74, 6) is 1.75. The number of hydrogen-bond donors (Lipinski definition) is 0. The highest BCUT2D eigenvalue weighted by atomic mass is 16.6. The average Bonchev–Trinajstić information content (AvgIpc) is 2.68. The number of carbonyl (C=O) groups excluding carboxylic acids is 2. The highest BCUT2D eigenvalue weighted by molar-refractivity contribution is 5.71. The summed E-state index contributed by atoms with van der Waals surface area (Å²) in [7, 11) is 0. The van der Waals surface area contributed by atoms with Crippen molar-refractivity contribution < 1.29 is 14.3 Å². The van der Waals surface area contributed by atoms with Crippen molar-refractivity contribution in [2.24, 2.45) is 0 Å². The molecule has 0 aromatic carbocycles. The Bertz CT molecular complexity index is 267.